The molecule has 0 N–H and O–H groups in total. The fourth-order valence-corrected chi connectivity index (χ4v) is 12.1. The Kier molecular flexibility index (Phi) is 10.7. The van der Waals surface area contributed by atoms with Crippen LogP contribution in [0.1, 0.15) is 130 Å². The third kappa shape index (κ3) is 7.98. The summed E-state index contributed by atoms with van der Waals surface area (Å²) in [5.41, 5.74) is 19.1. The Balaban J connectivity index is 1.06. The Morgan fingerprint density at radius 1 is 0.562 bits per heavy atom. The zero-order valence-electron chi connectivity index (χ0n) is 44.5. The standard InChI is InChI=1S/C68H67N3O2/c1-64(2,3)46-34-45(57-39-55-56(41-69-57)67(8,9)31-30-66(55,6)7)35-49(36-46)72-48-25-18-24-47(37-48)70-42-71(62-50(43-20-14-12-15-21-43)26-19-27-51(62)44-22-16-13-17-23-44)59-40-60-53(38-58(59)70)52-28-29-54-61(63(52)73-60)68(10,11)33-32-65(54,4)5/h12-29,34-41H,30-33H2,1-11H3. The third-order valence-corrected chi connectivity index (χ3v) is 16.7. The highest BCUT2D eigenvalue weighted by atomic mass is 16.5. The molecular weight excluding hydrogens is 891 g/mol. The van der Waals surface area contributed by atoms with Crippen molar-refractivity contribution in [3.8, 4) is 56.4 Å². The molecule has 0 spiro atoms. The Hall–Kier alpha value is -7.24. The highest BCUT2D eigenvalue weighted by Crippen LogP contribution is 2.51. The average molecular weight is 958 g/mol. The summed E-state index contributed by atoms with van der Waals surface area (Å²) in [6.45, 7) is 25.8. The molecule has 0 radical (unpaired) electrons. The number of furan rings is 1. The summed E-state index contributed by atoms with van der Waals surface area (Å²) < 4.78 is 18.6. The van der Waals surface area contributed by atoms with Crippen LogP contribution in [0.15, 0.2) is 162 Å². The van der Waals surface area contributed by atoms with Crippen LogP contribution >= 0.6 is 0 Å². The maximum absolute atomic E-state index is 7.17. The summed E-state index contributed by atoms with van der Waals surface area (Å²) in [7, 11) is 0. The Bertz CT molecular complexity index is 3740. The molecule has 0 saturated carbocycles. The lowest BCUT2D eigenvalue weighted by Crippen LogP contribution is -2.34. The number of nitrogens with zero attached hydrogens (tertiary/aromatic N) is 3. The van der Waals surface area contributed by atoms with Gasteiger partial charge in [0.1, 0.15) is 22.7 Å². The summed E-state index contributed by atoms with van der Waals surface area (Å²) in [6, 6.07) is 54.7. The van der Waals surface area contributed by atoms with Crippen LogP contribution < -0.4 is 9.30 Å². The predicted molar refractivity (Wildman–Crippen MR) is 301 cm³/mol. The smallest absolute Gasteiger partial charge is 0.269 e. The van der Waals surface area contributed by atoms with Gasteiger partial charge in [0.05, 0.1) is 28.1 Å². The molecule has 3 aromatic heterocycles. The summed E-state index contributed by atoms with van der Waals surface area (Å²) in [6.07, 6.45) is 10.6. The highest BCUT2D eigenvalue weighted by Gasteiger charge is 2.40. The highest BCUT2D eigenvalue weighted by molar-refractivity contribution is 6.10. The fraction of sp³-hybridized carbons (Fsp3) is 0.294. The molecular formula is C68H67N3O2. The van der Waals surface area contributed by atoms with Gasteiger partial charge in [0, 0.05) is 28.1 Å². The topological polar surface area (TPSA) is 44.1 Å². The van der Waals surface area contributed by atoms with Crippen molar-refractivity contribution in [2.45, 2.75) is 129 Å². The van der Waals surface area contributed by atoms with Crippen molar-refractivity contribution in [3.63, 3.8) is 0 Å². The quantitative estimate of drug-likeness (QED) is 0.118. The summed E-state index contributed by atoms with van der Waals surface area (Å²) >= 11 is 0. The van der Waals surface area contributed by atoms with Gasteiger partial charge in [-0.3, -0.25) is 14.1 Å². The van der Waals surface area contributed by atoms with E-state index in [1.807, 2.05) is 0 Å². The van der Waals surface area contributed by atoms with Crippen molar-refractivity contribution in [3.05, 3.63) is 192 Å². The van der Waals surface area contributed by atoms with Crippen LogP contribution in [-0.4, -0.2) is 9.55 Å². The second kappa shape index (κ2) is 16.6. The molecule has 5 nitrogen and oxygen atoms in total. The van der Waals surface area contributed by atoms with E-state index in [2.05, 4.69) is 249 Å². The van der Waals surface area contributed by atoms with Gasteiger partial charge in [-0.1, -0.05) is 173 Å². The van der Waals surface area contributed by atoms with Gasteiger partial charge in [0.2, 0.25) is 0 Å². The lowest BCUT2D eigenvalue weighted by Gasteiger charge is -2.41. The van der Waals surface area contributed by atoms with Crippen molar-refractivity contribution in [2.24, 2.45) is 0 Å². The minimum atomic E-state index is -0.124. The zero-order chi connectivity index (χ0) is 50.8. The van der Waals surface area contributed by atoms with Crippen LogP contribution in [0.3, 0.4) is 0 Å². The second-order valence-corrected chi connectivity index (χ2v) is 24.8. The second-order valence-electron chi connectivity index (χ2n) is 24.8. The van der Waals surface area contributed by atoms with E-state index >= 15 is 0 Å². The van der Waals surface area contributed by atoms with E-state index in [0.717, 1.165) is 115 Å². The Morgan fingerprint density at radius 2 is 1.19 bits per heavy atom. The normalized spacial score (nSPS) is 16.6. The van der Waals surface area contributed by atoms with Crippen molar-refractivity contribution >= 4 is 33.0 Å². The average Bonchev–Trinajstić information content (AvgIpc) is 3.93. The van der Waals surface area contributed by atoms with Crippen LogP contribution in [0, 0.1) is 6.33 Å². The van der Waals surface area contributed by atoms with Gasteiger partial charge in [-0.25, -0.2) is 0 Å². The van der Waals surface area contributed by atoms with Gasteiger partial charge in [-0.05, 0) is 152 Å². The molecule has 0 unspecified atom stereocenters. The maximum Gasteiger partial charge on any atom is 0.269 e. The van der Waals surface area contributed by atoms with Crippen molar-refractivity contribution in [2.75, 3.05) is 0 Å². The molecule has 3 heterocycles. The number of ether oxygens (including phenoxy) is 1. The first-order valence-electron chi connectivity index (χ1n) is 26.4. The molecule has 12 rings (SSSR count). The van der Waals surface area contributed by atoms with E-state index in [-0.39, 0.29) is 27.1 Å². The Morgan fingerprint density at radius 3 is 1.86 bits per heavy atom. The van der Waals surface area contributed by atoms with Crippen LogP contribution in [0.25, 0.3) is 77.9 Å². The monoisotopic (exact) mass is 958 g/mol. The number of imidazole rings is 1. The van der Waals surface area contributed by atoms with Crippen LogP contribution in [0.5, 0.6) is 11.5 Å². The van der Waals surface area contributed by atoms with Crippen molar-refractivity contribution in [1.29, 1.82) is 0 Å². The number of hydrogen-bond donors (Lipinski definition) is 0. The van der Waals surface area contributed by atoms with E-state index in [1.165, 1.54) is 27.8 Å². The number of hydrogen-bond acceptors (Lipinski definition) is 3. The molecule has 366 valence electrons. The number of rotatable bonds is 7. The number of fused-ring (bicyclic) bond motifs is 7. The maximum atomic E-state index is 7.17. The van der Waals surface area contributed by atoms with Gasteiger partial charge in [-0.15, -0.1) is 0 Å². The first-order valence-corrected chi connectivity index (χ1v) is 26.4. The minimum Gasteiger partial charge on any atom is -0.458 e. The van der Waals surface area contributed by atoms with E-state index in [4.69, 9.17) is 14.1 Å². The van der Waals surface area contributed by atoms with E-state index < -0.39 is 0 Å². The largest absolute Gasteiger partial charge is 0.458 e. The third-order valence-electron chi connectivity index (χ3n) is 16.7. The molecule has 7 aromatic carbocycles. The molecule has 0 fully saturated rings. The van der Waals surface area contributed by atoms with Gasteiger partial charge in [0.15, 0.2) is 0 Å². The Labute approximate surface area is 431 Å². The molecule has 0 amide bonds. The molecule has 2 aliphatic rings. The number of benzene rings is 7. The van der Waals surface area contributed by atoms with Gasteiger partial charge >= 0.3 is 0 Å². The lowest BCUT2D eigenvalue weighted by molar-refractivity contribution is -0.572. The molecule has 2 aliphatic carbocycles. The predicted octanol–water partition coefficient (Wildman–Crippen LogP) is 17.8. The van der Waals surface area contributed by atoms with Crippen molar-refractivity contribution < 1.29 is 13.7 Å². The molecule has 5 heteroatoms. The lowest BCUT2D eigenvalue weighted by atomic mass is 9.63. The van der Waals surface area contributed by atoms with E-state index in [0.29, 0.717) is 0 Å². The number of para-hydroxylation sites is 1. The van der Waals surface area contributed by atoms with Crippen LogP contribution in [0.2, 0.25) is 0 Å². The molecule has 0 bridgehead atoms. The fourth-order valence-electron chi connectivity index (χ4n) is 12.1. The number of aromatic nitrogens is 3. The number of pyridine rings is 1. The summed E-state index contributed by atoms with van der Waals surface area (Å²) in [5, 5.41) is 2.23. The summed E-state index contributed by atoms with van der Waals surface area (Å²) in [4.78, 5) is 5.15. The van der Waals surface area contributed by atoms with E-state index in [9.17, 15) is 0 Å². The van der Waals surface area contributed by atoms with Crippen LogP contribution in [-0.2, 0) is 27.1 Å². The summed E-state index contributed by atoms with van der Waals surface area (Å²) in [5.74, 6) is 1.51. The molecule has 10 aromatic rings. The van der Waals surface area contributed by atoms with Gasteiger partial charge < -0.3 is 9.15 Å². The SMILES string of the molecule is CC(C)(C)c1cc(Oc2cccc(-[n+]3[c-]n(-c4c(-c5ccccc5)cccc4-c4ccccc4)c4cc5oc6c7c(ccc6c5cc43)C(C)(C)CCC7(C)C)c2)cc(-c2cc3c(cn2)C(C)(C)CCC3(C)C)c1. The van der Waals surface area contributed by atoms with E-state index in [1.54, 1.807) is 0 Å². The molecule has 0 aliphatic heterocycles. The van der Waals surface area contributed by atoms with Gasteiger partial charge in [0.25, 0.3) is 6.33 Å². The minimum absolute atomic E-state index is 0.0292. The zero-order valence-corrected chi connectivity index (χ0v) is 44.5. The molecule has 0 saturated heterocycles. The van der Waals surface area contributed by atoms with Gasteiger partial charge in [-0.2, -0.15) is 0 Å². The first-order chi connectivity index (χ1) is 34.8. The van der Waals surface area contributed by atoms with Crippen LogP contribution in [0.4, 0.5) is 0 Å². The molecule has 73 heavy (non-hydrogen) atoms. The first kappa shape index (κ1) is 46.8. The van der Waals surface area contributed by atoms with Crippen molar-refractivity contribution in [1.82, 2.24) is 9.55 Å². The molecule has 0 atom stereocenters.